The smallest absolute Gasteiger partial charge is 0.101 e. The van der Waals surface area contributed by atoms with E-state index in [-0.39, 0.29) is 0 Å². The SMILES string of the molecule is N#Cc1ccccc1-n1c2ccccc2c2cc(-c3cccc(-c4cccc5c6ccccc6n(-c6ccccc6)c45)c3)ccc21. The van der Waals surface area contributed by atoms with Crippen molar-refractivity contribution in [2.24, 2.45) is 0 Å². The second kappa shape index (κ2) is 10.4. The van der Waals surface area contributed by atoms with Crippen LogP contribution >= 0.6 is 0 Å². The van der Waals surface area contributed by atoms with E-state index in [1.165, 1.54) is 38.3 Å². The fourth-order valence-corrected chi connectivity index (χ4v) is 7.14. The van der Waals surface area contributed by atoms with Crippen LogP contribution in [0, 0.1) is 11.3 Å². The molecular formula is C43H27N3. The molecule has 0 spiro atoms. The number of para-hydroxylation sites is 5. The molecule has 0 atom stereocenters. The van der Waals surface area contributed by atoms with E-state index in [0.29, 0.717) is 5.56 Å². The summed E-state index contributed by atoms with van der Waals surface area (Å²) in [5, 5.41) is 14.7. The first kappa shape index (κ1) is 26.1. The summed E-state index contributed by atoms with van der Waals surface area (Å²) >= 11 is 0. The average molecular weight is 586 g/mol. The quantitative estimate of drug-likeness (QED) is 0.202. The molecule has 0 saturated carbocycles. The Balaban J connectivity index is 1.25. The Hall–Kier alpha value is -6.37. The maximum absolute atomic E-state index is 9.90. The first-order valence-corrected chi connectivity index (χ1v) is 15.5. The Kier molecular flexibility index (Phi) is 5.88. The molecule has 0 aliphatic carbocycles. The molecule has 2 heterocycles. The first-order valence-electron chi connectivity index (χ1n) is 15.5. The lowest BCUT2D eigenvalue weighted by molar-refractivity contribution is 1.17. The van der Waals surface area contributed by atoms with Crippen molar-refractivity contribution in [3.8, 4) is 39.7 Å². The van der Waals surface area contributed by atoms with E-state index in [1.807, 2.05) is 24.3 Å². The Labute approximate surface area is 266 Å². The molecule has 9 aromatic rings. The summed E-state index contributed by atoms with van der Waals surface area (Å²) in [6.45, 7) is 0. The van der Waals surface area contributed by atoms with Gasteiger partial charge >= 0.3 is 0 Å². The molecule has 0 aliphatic rings. The summed E-state index contributed by atoms with van der Waals surface area (Å²) in [5.41, 5.74) is 12.0. The van der Waals surface area contributed by atoms with Gasteiger partial charge in [-0.1, -0.05) is 109 Å². The fourth-order valence-electron chi connectivity index (χ4n) is 7.14. The molecule has 214 valence electrons. The third-order valence-corrected chi connectivity index (χ3v) is 9.15. The molecule has 0 bridgehead atoms. The van der Waals surface area contributed by atoms with Crippen LogP contribution in [0.4, 0.5) is 0 Å². The Morgan fingerprint density at radius 1 is 0.413 bits per heavy atom. The van der Waals surface area contributed by atoms with Crippen LogP contribution in [-0.2, 0) is 0 Å². The summed E-state index contributed by atoms with van der Waals surface area (Å²) in [4.78, 5) is 0. The van der Waals surface area contributed by atoms with Gasteiger partial charge in [0.05, 0.1) is 33.3 Å². The molecule has 2 aromatic heterocycles. The number of hydrogen-bond donors (Lipinski definition) is 0. The molecule has 0 N–H and O–H groups in total. The molecule has 7 aromatic carbocycles. The molecule has 0 unspecified atom stereocenters. The highest BCUT2D eigenvalue weighted by atomic mass is 15.0. The second-order valence-electron chi connectivity index (χ2n) is 11.7. The predicted molar refractivity (Wildman–Crippen MR) is 191 cm³/mol. The van der Waals surface area contributed by atoms with Gasteiger partial charge in [-0.05, 0) is 71.3 Å². The Morgan fingerprint density at radius 3 is 1.85 bits per heavy atom. The predicted octanol–water partition coefficient (Wildman–Crippen LogP) is 11.1. The molecule has 0 saturated heterocycles. The van der Waals surface area contributed by atoms with Crippen molar-refractivity contribution in [3.05, 3.63) is 169 Å². The van der Waals surface area contributed by atoms with Gasteiger partial charge < -0.3 is 9.13 Å². The second-order valence-corrected chi connectivity index (χ2v) is 11.7. The largest absolute Gasteiger partial charge is 0.309 e. The molecule has 0 amide bonds. The summed E-state index contributed by atoms with van der Waals surface area (Å²) in [6.07, 6.45) is 0. The van der Waals surface area contributed by atoms with Crippen molar-refractivity contribution >= 4 is 43.6 Å². The van der Waals surface area contributed by atoms with Crippen molar-refractivity contribution in [3.63, 3.8) is 0 Å². The monoisotopic (exact) mass is 585 g/mol. The molecule has 9 rings (SSSR count). The minimum atomic E-state index is 0.657. The highest BCUT2D eigenvalue weighted by Crippen LogP contribution is 2.40. The minimum Gasteiger partial charge on any atom is -0.309 e. The lowest BCUT2D eigenvalue weighted by atomic mass is 9.96. The van der Waals surface area contributed by atoms with Gasteiger partial charge in [-0.3, -0.25) is 0 Å². The fraction of sp³-hybridized carbons (Fsp3) is 0. The minimum absolute atomic E-state index is 0.657. The van der Waals surface area contributed by atoms with Crippen molar-refractivity contribution < 1.29 is 0 Å². The molecule has 46 heavy (non-hydrogen) atoms. The summed E-state index contributed by atoms with van der Waals surface area (Å²) in [5.74, 6) is 0. The van der Waals surface area contributed by atoms with Crippen LogP contribution in [0.1, 0.15) is 5.56 Å². The topological polar surface area (TPSA) is 33.6 Å². The summed E-state index contributed by atoms with van der Waals surface area (Å²) in [6, 6.07) is 60.2. The van der Waals surface area contributed by atoms with E-state index in [9.17, 15) is 5.26 Å². The number of benzene rings is 7. The van der Waals surface area contributed by atoms with Crippen molar-refractivity contribution in [2.75, 3.05) is 0 Å². The van der Waals surface area contributed by atoms with Crippen LogP contribution in [0.25, 0.3) is 77.2 Å². The van der Waals surface area contributed by atoms with Crippen LogP contribution in [0.2, 0.25) is 0 Å². The number of aromatic nitrogens is 2. The third kappa shape index (κ3) is 3.91. The summed E-state index contributed by atoms with van der Waals surface area (Å²) < 4.78 is 4.61. The molecular weight excluding hydrogens is 558 g/mol. The molecule has 3 nitrogen and oxygen atoms in total. The maximum atomic E-state index is 9.90. The highest BCUT2D eigenvalue weighted by Gasteiger charge is 2.18. The van der Waals surface area contributed by atoms with Gasteiger partial charge in [0.1, 0.15) is 6.07 Å². The standard InChI is InChI=1S/C43H27N3/c44-28-32-12-4-7-21-39(32)46-41-23-9-6-18-36(41)38-27-30(24-25-42(38)46)29-13-10-14-31(26-29)34-19-11-20-37-35-17-5-8-22-40(35)45(43(34)37)33-15-2-1-3-16-33/h1-27H. The highest BCUT2D eigenvalue weighted by molar-refractivity contribution is 6.14. The Morgan fingerprint density at radius 2 is 1.02 bits per heavy atom. The normalized spacial score (nSPS) is 11.5. The zero-order valence-corrected chi connectivity index (χ0v) is 24.9. The van der Waals surface area contributed by atoms with Crippen molar-refractivity contribution in [1.29, 1.82) is 5.26 Å². The first-order chi connectivity index (χ1) is 22.8. The van der Waals surface area contributed by atoms with Crippen LogP contribution in [0.15, 0.2) is 164 Å². The zero-order chi connectivity index (χ0) is 30.6. The van der Waals surface area contributed by atoms with E-state index in [4.69, 9.17) is 0 Å². The van der Waals surface area contributed by atoms with Crippen LogP contribution in [-0.4, -0.2) is 9.13 Å². The van der Waals surface area contributed by atoms with Gasteiger partial charge in [0, 0.05) is 32.8 Å². The van der Waals surface area contributed by atoms with E-state index in [1.54, 1.807) is 0 Å². The maximum Gasteiger partial charge on any atom is 0.101 e. The van der Waals surface area contributed by atoms with E-state index in [0.717, 1.165) is 38.9 Å². The van der Waals surface area contributed by atoms with Gasteiger partial charge in [-0.15, -0.1) is 0 Å². The third-order valence-electron chi connectivity index (χ3n) is 9.15. The summed E-state index contributed by atoms with van der Waals surface area (Å²) in [7, 11) is 0. The van der Waals surface area contributed by atoms with Gasteiger partial charge in [0.15, 0.2) is 0 Å². The average Bonchev–Trinajstić information content (AvgIpc) is 3.65. The molecule has 0 aliphatic heterocycles. The molecule has 0 fully saturated rings. The number of rotatable bonds is 4. The lowest BCUT2D eigenvalue weighted by Crippen LogP contribution is -1.97. The van der Waals surface area contributed by atoms with Crippen molar-refractivity contribution in [2.45, 2.75) is 0 Å². The lowest BCUT2D eigenvalue weighted by Gasteiger charge is -2.13. The number of nitrogens with zero attached hydrogens (tertiary/aromatic N) is 3. The zero-order valence-electron chi connectivity index (χ0n) is 24.9. The van der Waals surface area contributed by atoms with Crippen LogP contribution in [0.3, 0.4) is 0 Å². The Bertz CT molecular complexity index is 2650. The van der Waals surface area contributed by atoms with Crippen LogP contribution in [0.5, 0.6) is 0 Å². The van der Waals surface area contributed by atoms with Crippen LogP contribution < -0.4 is 0 Å². The van der Waals surface area contributed by atoms with Gasteiger partial charge in [-0.2, -0.15) is 5.26 Å². The van der Waals surface area contributed by atoms with Gasteiger partial charge in [-0.25, -0.2) is 0 Å². The van der Waals surface area contributed by atoms with Gasteiger partial charge in [0.2, 0.25) is 0 Å². The van der Waals surface area contributed by atoms with E-state index in [2.05, 4.69) is 155 Å². The van der Waals surface area contributed by atoms with E-state index >= 15 is 0 Å². The number of hydrogen-bond acceptors (Lipinski definition) is 1. The molecule has 0 radical (unpaired) electrons. The molecule has 3 heteroatoms. The van der Waals surface area contributed by atoms with E-state index < -0.39 is 0 Å². The van der Waals surface area contributed by atoms with Gasteiger partial charge in [0.25, 0.3) is 0 Å². The number of fused-ring (bicyclic) bond motifs is 6. The number of nitriles is 1. The van der Waals surface area contributed by atoms with Crippen molar-refractivity contribution in [1.82, 2.24) is 9.13 Å².